The molecule has 0 saturated carbocycles. The number of rotatable bonds is 7. The Bertz CT molecular complexity index is 670. The van der Waals surface area contributed by atoms with Crippen molar-refractivity contribution in [3.8, 4) is 0 Å². The smallest absolute Gasteiger partial charge is 0.270 e. The van der Waals surface area contributed by atoms with Gasteiger partial charge < -0.3 is 10.6 Å². The minimum Gasteiger partial charge on any atom is -0.351 e. The lowest BCUT2D eigenvalue weighted by molar-refractivity contribution is 0.0948. The Labute approximate surface area is 137 Å². The van der Waals surface area contributed by atoms with Crippen LogP contribution in [0.3, 0.4) is 0 Å². The summed E-state index contributed by atoms with van der Waals surface area (Å²) in [5.41, 5.74) is 3.67. The normalized spacial score (nSPS) is 10.4. The summed E-state index contributed by atoms with van der Waals surface area (Å²) in [7, 11) is 0. The van der Waals surface area contributed by atoms with Crippen molar-refractivity contribution in [2.24, 2.45) is 0 Å². The second kappa shape index (κ2) is 8.27. The van der Waals surface area contributed by atoms with Crippen molar-refractivity contribution in [2.75, 3.05) is 11.9 Å². The van der Waals surface area contributed by atoms with Gasteiger partial charge >= 0.3 is 0 Å². The maximum absolute atomic E-state index is 12.1. The van der Waals surface area contributed by atoms with Crippen LogP contribution >= 0.6 is 0 Å². The van der Waals surface area contributed by atoms with Gasteiger partial charge in [0.1, 0.15) is 5.69 Å². The van der Waals surface area contributed by atoms with Crippen LogP contribution in [-0.4, -0.2) is 22.4 Å². The molecule has 5 nitrogen and oxygen atoms in total. The standard InChI is InChI=1S/C18H24N4O/c1-4-5-6-11-19-17(23)16-10-12-20-18(22-16)21-15-9-7-8-13(2)14(15)3/h7-10,12H,4-6,11H2,1-3H3,(H,19,23)(H,20,21,22). The van der Waals surface area contributed by atoms with E-state index in [2.05, 4.69) is 40.5 Å². The van der Waals surface area contributed by atoms with E-state index in [1.54, 1.807) is 12.3 Å². The van der Waals surface area contributed by atoms with Crippen LogP contribution in [0.2, 0.25) is 0 Å². The van der Waals surface area contributed by atoms with Crippen LogP contribution in [0, 0.1) is 13.8 Å². The Balaban J connectivity index is 2.04. The van der Waals surface area contributed by atoms with Gasteiger partial charge in [0.15, 0.2) is 0 Å². The largest absolute Gasteiger partial charge is 0.351 e. The van der Waals surface area contributed by atoms with E-state index < -0.39 is 0 Å². The number of aromatic nitrogens is 2. The highest BCUT2D eigenvalue weighted by molar-refractivity contribution is 5.92. The molecule has 23 heavy (non-hydrogen) atoms. The third kappa shape index (κ3) is 4.77. The molecule has 0 bridgehead atoms. The van der Waals surface area contributed by atoms with Crippen molar-refractivity contribution in [1.82, 2.24) is 15.3 Å². The highest BCUT2D eigenvalue weighted by atomic mass is 16.1. The van der Waals surface area contributed by atoms with E-state index in [0.717, 1.165) is 30.5 Å². The van der Waals surface area contributed by atoms with Gasteiger partial charge in [-0.3, -0.25) is 4.79 Å². The Morgan fingerprint density at radius 1 is 1.17 bits per heavy atom. The molecule has 2 rings (SSSR count). The lowest BCUT2D eigenvalue weighted by Crippen LogP contribution is -2.25. The Kier molecular flexibility index (Phi) is 6.09. The number of nitrogens with zero attached hydrogens (tertiary/aromatic N) is 2. The fraction of sp³-hybridized carbons (Fsp3) is 0.389. The summed E-state index contributed by atoms with van der Waals surface area (Å²) >= 11 is 0. The van der Waals surface area contributed by atoms with E-state index in [0.29, 0.717) is 18.2 Å². The fourth-order valence-electron chi connectivity index (χ4n) is 2.22. The molecule has 1 amide bonds. The van der Waals surface area contributed by atoms with Gasteiger partial charge in [0.05, 0.1) is 0 Å². The Hall–Kier alpha value is -2.43. The van der Waals surface area contributed by atoms with Crippen molar-refractivity contribution >= 4 is 17.5 Å². The predicted octanol–water partition coefficient (Wildman–Crippen LogP) is 3.76. The number of amides is 1. The molecule has 1 aromatic heterocycles. The van der Waals surface area contributed by atoms with Crippen LogP contribution < -0.4 is 10.6 Å². The summed E-state index contributed by atoms with van der Waals surface area (Å²) in [6.07, 6.45) is 4.83. The molecule has 0 aliphatic heterocycles. The minimum absolute atomic E-state index is 0.160. The van der Waals surface area contributed by atoms with Gasteiger partial charge in [0.2, 0.25) is 5.95 Å². The van der Waals surface area contributed by atoms with Crippen LogP contribution in [-0.2, 0) is 0 Å². The molecule has 5 heteroatoms. The first-order chi connectivity index (χ1) is 11.1. The molecule has 2 aromatic rings. The summed E-state index contributed by atoms with van der Waals surface area (Å²) in [6.45, 7) is 6.91. The van der Waals surface area contributed by atoms with E-state index in [4.69, 9.17) is 0 Å². The molecule has 1 heterocycles. The molecule has 0 saturated heterocycles. The average Bonchev–Trinajstić information content (AvgIpc) is 2.56. The maximum atomic E-state index is 12.1. The predicted molar refractivity (Wildman–Crippen MR) is 93.1 cm³/mol. The second-order valence-electron chi connectivity index (χ2n) is 5.60. The summed E-state index contributed by atoms with van der Waals surface area (Å²) in [5.74, 6) is 0.271. The number of unbranched alkanes of at least 4 members (excludes halogenated alkanes) is 2. The van der Waals surface area contributed by atoms with Gasteiger partial charge in [0.25, 0.3) is 5.91 Å². The number of nitrogens with one attached hydrogen (secondary N) is 2. The molecule has 2 N–H and O–H groups in total. The number of hydrogen-bond acceptors (Lipinski definition) is 4. The van der Waals surface area contributed by atoms with E-state index >= 15 is 0 Å². The lowest BCUT2D eigenvalue weighted by atomic mass is 10.1. The van der Waals surface area contributed by atoms with Gasteiger partial charge in [-0.15, -0.1) is 0 Å². The fourth-order valence-corrected chi connectivity index (χ4v) is 2.22. The molecule has 122 valence electrons. The molecule has 0 radical (unpaired) electrons. The third-order valence-electron chi connectivity index (χ3n) is 3.81. The zero-order chi connectivity index (χ0) is 16.7. The highest BCUT2D eigenvalue weighted by Gasteiger charge is 2.09. The van der Waals surface area contributed by atoms with Crippen molar-refractivity contribution in [1.29, 1.82) is 0 Å². The first-order valence-electron chi connectivity index (χ1n) is 8.06. The number of carbonyl (C=O) groups is 1. The van der Waals surface area contributed by atoms with Gasteiger partial charge in [-0.1, -0.05) is 31.9 Å². The summed E-state index contributed by atoms with van der Waals surface area (Å²) in [6, 6.07) is 7.64. The highest BCUT2D eigenvalue weighted by Crippen LogP contribution is 2.20. The van der Waals surface area contributed by atoms with E-state index in [1.165, 1.54) is 5.56 Å². The molecule has 0 fully saturated rings. The van der Waals surface area contributed by atoms with Crippen molar-refractivity contribution in [2.45, 2.75) is 40.0 Å². The first-order valence-corrected chi connectivity index (χ1v) is 8.06. The summed E-state index contributed by atoms with van der Waals surface area (Å²) in [5, 5.41) is 6.07. The summed E-state index contributed by atoms with van der Waals surface area (Å²) < 4.78 is 0. The molecule has 0 spiro atoms. The Morgan fingerprint density at radius 3 is 2.78 bits per heavy atom. The van der Waals surface area contributed by atoms with E-state index in [9.17, 15) is 4.79 Å². The zero-order valence-corrected chi connectivity index (χ0v) is 14.0. The SMILES string of the molecule is CCCCCNC(=O)c1ccnc(Nc2cccc(C)c2C)n1. The summed E-state index contributed by atoms with van der Waals surface area (Å²) in [4.78, 5) is 20.6. The molecular weight excluding hydrogens is 288 g/mol. The number of anilines is 2. The minimum atomic E-state index is -0.160. The van der Waals surface area contributed by atoms with Crippen molar-refractivity contribution in [3.05, 3.63) is 47.3 Å². The third-order valence-corrected chi connectivity index (χ3v) is 3.81. The van der Waals surface area contributed by atoms with Crippen molar-refractivity contribution in [3.63, 3.8) is 0 Å². The Morgan fingerprint density at radius 2 is 2.00 bits per heavy atom. The number of carbonyl (C=O) groups excluding carboxylic acids is 1. The zero-order valence-electron chi connectivity index (χ0n) is 14.0. The molecule has 0 unspecified atom stereocenters. The van der Waals surface area contributed by atoms with Gasteiger partial charge in [0, 0.05) is 18.4 Å². The van der Waals surface area contributed by atoms with E-state index in [-0.39, 0.29) is 5.91 Å². The van der Waals surface area contributed by atoms with Gasteiger partial charge in [-0.05, 0) is 43.5 Å². The van der Waals surface area contributed by atoms with Gasteiger partial charge in [-0.25, -0.2) is 9.97 Å². The lowest BCUT2D eigenvalue weighted by Gasteiger charge is -2.11. The number of hydrogen-bond donors (Lipinski definition) is 2. The second-order valence-corrected chi connectivity index (χ2v) is 5.60. The number of aryl methyl sites for hydroxylation is 1. The van der Waals surface area contributed by atoms with Gasteiger partial charge in [-0.2, -0.15) is 0 Å². The molecule has 0 aliphatic carbocycles. The quantitative estimate of drug-likeness (QED) is 0.764. The average molecular weight is 312 g/mol. The van der Waals surface area contributed by atoms with Crippen LogP contribution in [0.25, 0.3) is 0 Å². The van der Waals surface area contributed by atoms with Crippen LogP contribution in [0.15, 0.2) is 30.5 Å². The molecule has 0 aliphatic rings. The maximum Gasteiger partial charge on any atom is 0.270 e. The van der Waals surface area contributed by atoms with E-state index in [1.807, 2.05) is 19.1 Å². The monoisotopic (exact) mass is 312 g/mol. The van der Waals surface area contributed by atoms with Crippen molar-refractivity contribution < 1.29 is 4.79 Å². The van der Waals surface area contributed by atoms with Crippen LogP contribution in [0.5, 0.6) is 0 Å². The number of benzene rings is 1. The molecular formula is C18H24N4O. The van der Waals surface area contributed by atoms with Crippen LogP contribution in [0.4, 0.5) is 11.6 Å². The molecule has 0 atom stereocenters. The molecule has 1 aromatic carbocycles. The van der Waals surface area contributed by atoms with Crippen LogP contribution in [0.1, 0.15) is 47.8 Å². The first kappa shape index (κ1) is 16.9. The topological polar surface area (TPSA) is 66.9 Å².